The number of benzene rings is 1. The Balaban J connectivity index is 2.04. The van der Waals surface area contributed by atoms with Crippen LogP contribution in [0.3, 0.4) is 0 Å². The standard InChI is InChI=1S/C15H19F2N3/c1-11(2)8-18-9-14-5-6-19-20(14)10-12-3-4-13(16)7-15(12)17/h3-7,11,18H,8-10H2,1-2H3. The summed E-state index contributed by atoms with van der Waals surface area (Å²) in [5, 5.41) is 7.51. The Morgan fingerprint density at radius 1 is 1.25 bits per heavy atom. The molecule has 0 atom stereocenters. The van der Waals surface area contributed by atoms with Gasteiger partial charge in [-0.15, -0.1) is 0 Å². The largest absolute Gasteiger partial charge is 0.311 e. The van der Waals surface area contributed by atoms with Crippen LogP contribution < -0.4 is 5.32 Å². The van der Waals surface area contributed by atoms with Crippen LogP contribution in [0.25, 0.3) is 0 Å². The lowest BCUT2D eigenvalue weighted by molar-refractivity contribution is 0.521. The van der Waals surface area contributed by atoms with E-state index in [0.29, 0.717) is 24.6 Å². The van der Waals surface area contributed by atoms with E-state index in [1.165, 1.54) is 12.1 Å². The van der Waals surface area contributed by atoms with Crippen LogP contribution in [-0.4, -0.2) is 16.3 Å². The molecule has 1 N–H and O–H groups in total. The Morgan fingerprint density at radius 3 is 2.75 bits per heavy atom. The molecular formula is C15H19F2N3. The zero-order valence-electron chi connectivity index (χ0n) is 11.7. The first-order valence-electron chi connectivity index (χ1n) is 6.71. The molecule has 1 aromatic heterocycles. The summed E-state index contributed by atoms with van der Waals surface area (Å²) < 4.78 is 28.2. The molecule has 0 aliphatic rings. The van der Waals surface area contributed by atoms with Crippen molar-refractivity contribution >= 4 is 0 Å². The molecule has 108 valence electrons. The van der Waals surface area contributed by atoms with Gasteiger partial charge in [0.25, 0.3) is 0 Å². The number of rotatable bonds is 6. The minimum absolute atomic E-state index is 0.303. The van der Waals surface area contributed by atoms with E-state index in [9.17, 15) is 8.78 Å². The van der Waals surface area contributed by atoms with Gasteiger partial charge < -0.3 is 5.32 Å². The van der Waals surface area contributed by atoms with Crippen molar-refractivity contribution in [2.45, 2.75) is 26.9 Å². The molecule has 2 rings (SSSR count). The maximum absolute atomic E-state index is 13.6. The Labute approximate surface area is 117 Å². The number of hydrogen-bond donors (Lipinski definition) is 1. The molecule has 3 nitrogen and oxygen atoms in total. The second-order valence-electron chi connectivity index (χ2n) is 5.24. The predicted octanol–water partition coefficient (Wildman–Crippen LogP) is 2.96. The van der Waals surface area contributed by atoms with E-state index < -0.39 is 11.6 Å². The van der Waals surface area contributed by atoms with E-state index >= 15 is 0 Å². The van der Waals surface area contributed by atoms with Crippen LogP contribution in [0.4, 0.5) is 8.78 Å². The fourth-order valence-electron chi connectivity index (χ4n) is 1.95. The summed E-state index contributed by atoms with van der Waals surface area (Å²) in [5.74, 6) is -0.534. The molecule has 2 aromatic rings. The minimum Gasteiger partial charge on any atom is -0.311 e. The quantitative estimate of drug-likeness (QED) is 0.881. The third-order valence-electron chi connectivity index (χ3n) is 3.00. The highest BCUT2D eigenvalue weighted by Crippen LogP contribution is 2.12. The summed E-state index contributed by atoms with van der Waals surface area (Å²) in [6.07, 6.45) is 1.69. The molecule has 0 fully saturated rings. The highest BCUT2D eigenvalue weighted by molar-refractivity contribution is 5.19. The highest BCUT2D eigenvalue weighted by atomic mass is 19.1. The van der Waals surface area contributed by atoms with Crippen molar-refractivity contribution in [3.8, 4) is 0 Å². The van der Waals surface area contributed by atoms with Crippen molar-refractivity contribution in [3.05, 3.63) is 53.4 Å². The molecular weight excluding hydrogens is 260 g/mol. The molecule has 0 saturated heterocycles. The third kappa shape index (κ3) is 3.87. The number of nitrogens with one attached hydrogen (secondary N) is 1. The van der Waals surface area contributed by atoms with Crippen LogP contribution in [0.2, 0.25) is 0 Å². The zero-order valence-corrected chi connectivity index (χ0v) is 11.7. The van der Waals surface area contributed by atoms with Gasteiger partial charge in [-0.3, -0.25) is 4.68 Å². The van der Waals surface area contributed by atoms with Gasteiger partial charge in [-0.2, -0.15) is 5.10 Å². The van der Waals surface area contributed by atoms with Gasteiger partial charge in [0, 0.05) is 24.4 Å². The summed E-state index contributed by atoms with van der Waals surface area (Å²) >= 11 is 0. The van der Waals surface area contributed by atoms with Gasteiger partial charge in [0.05, 0.1) is 12.2 Å². The van der Waals surface area contributed by atoms with Crippen LogP contribution in [0, 0.1) is 17.6 Å². The molecule has 0 radical (unpaired) electrons. The van der Waals surface area contributed by atoms with E-state index in [1.54, 1.807) is 10.9 Å². The number of nitrogens with zero attached hydrogens (tertiary/aromatic N) is 2. The molecule has 0 amide bonds. The van der Waals surface area contributed by atoms with Gasteiger partial charge in [-0.25, -0.2) is 8.78 Å². The van der Waals surface area contributed by atoms with Crippen molar-refractivity contribution < 1.29 is 8.78 Å². The van der Waals surface area contributed by atoms with E-state index in [0.717, 1.165) is 18.3 Å². The fourth-order valence-corrected chi connectivity index (χ4v) is 1.95. The van der Waals surface area contributed by atoms with E-state index in [-0.39, 0.29) is 0 Å². The van der Waals surface area contributed by atoms with Crippen LogP contribution in [0.1, 0.15) is 25.1 Å². The van der Waals surface area contributed by atoms with Crippen molar-refractivity contribution in [3.63, 3.8) is 0 Å². The number of halogens is 2. The normalized spacial score (nSPS) is 11.2. The first kappa shape index (κ1) is 14.7. The Kier molecular flexibility index (Phi) is 4.84. The number of aromatic nitrogens is 2. The zero-order chi connectivity index (χ0) is 14.5. The Morgan fingerprint density at radius 2 is 2.05 bits per heavy atom. The SMILES string of the molecule is CC(C)CNCc1ccnn1Cc1ccc(F)cc1F. The van der Waals surface area contributed by atoms with E-state index in [1.807, 2.05) is 6.07 Å². The first-order valence-corrected chi connectivity index (χ1v) is 6.71. The van der Waals surface area contributed by atoms with Crippen LogP contribution >= 0.6 is 0 Å². The predicted molar refractivity (Wildman–Crippen MR) is 74.2 cm³/mol. The van der Waals surface area contributed by atoms with Crippen molar-refractivity contribution in [1.82, 2.24) is 15.1 Å². The monoisotopic (exact) mass is 279 g/mol. The lowest BCUT2D eigenvalue weighted by atomic mass is 10.2. The Hall–Kier alpha value is -1.75. The molecule has 0 aliphatic carbocycles. The van der Waals surface area contributed by atoms with Crippen molar-refractivity contribution in [2.75, 3.05) is 6.54 Å². The van der Waals surface area contributed by atoms with E-state index in [4.69, 9.17) is 0 Å². The highest BCUT2D eigenvalue weighted by Gasteiger charge is 2.08. The molecule has 5 heteroatoms. The maximum Gasteiger partial charge on any atom is 0.131 e. The average molecular weight is 279 g/mol. The topological polar surface area (TPSA) is 29.9 Å². The third-order valence-corrected chi connectivity index (χ3v) is 3.00. The molecule has 0 saturated carbocycles. The summed E-state index contributed by atoms with van der Waals surface area (Å²) in [7, 11) is 0. The van der Waals surface area contributed by atoms with Crippen molar-refractivity contribution in [1.29, 1.82) is 0 Å². The first-order chi connectivity index (χ1) is 9.56. The second-order valence-corrected chi connectivity index (χ2v) is 5.24. The molecule has 0 aliphatic heterocycles. The minimum atomic E-state index is -0.564. The van der Waals surface area contributed by atoms with Gasteiger partial charge in [-0.1, -0.05) is 19.9 Å². The van der Waals surface area contributed by atoms with Gasteiger partial charge >= 0.3 is 0 Å². The van der Waals surface area contributed by atoms with Gasteiger partial charge in [0.15, 0.2) is 0 Å². The molecule has 1 aromatic carbocycles. The second kappa shape index (κ2) is 6.61. The summed E-state index contributed by atoms with van der Waals surface area (Å²) in [4.78, 5) is 0. The fraction of sp³-hybridized carbons (Fsp3) is 0.400. The van der Waals surface area contributed by atoms with Gasteiger partial charge in [0.2, 0.25) is 0 Å². The van der Waals surface area contributed by atoms with Crippen LogP contribution in [0.5, 0.6) is 0 Å². The molecule has 0 spiro atoms. The van der Waals surface area contributed by atoms with Crippen LogP contribution in [-0.2, 0) is 13.1 Å². The van der Waals surface area contributed by atoms with Gasteiger partial charge in [0.1, 0.15) is 11.6 Å². The molecule has 0 bridgehead atoms. The average Bonchev–Trinajstić information content (AvgIpc) is 2.80. The lowest BCUT2D eigenvalue weighted by Crippen LogP contribution is -2.21. The Bertz CT molecular complexity index is 564. The van der Waals surface area contributed by atoms with Gasteiger partial charge in [-0.05, 0) is 24.6 Å². The molecule has 0 unspecified atom stereocenters. The summed E-state index contributed by atoms with van der Waals surface area (Å²) in [6.45, 7) is 6.17. The maximum atomic E-state index is 13.6. The summed E-state index contributed by atoms with van der Waals surface area (Å²) in [5.41, 5.74) is 1.41. The smallest absolute Gasteiger partial charge is 0.131 e. The van der Waals surface area contributed by atoms with Crippen LogP contribution in [0.15, 0.2) is 30.5 Å². The van der Waals surface area contributed by atoms with Crippen molar-refractivity contribution in [2.24, 2.45) is 5.92 Å². The lowest BCUT2D eigenvalue weighted by Gasteiger charge is -2.10. The van der Waals surface area contributed by atoms with E-state index in [2.05, 4.69) is 24.3 Å². The summed E-state index contributed by atoms with van der Waals surface area (Å²) in [6, 6.07) is 5.51. The molecule has 1 heterocycles. The molecule has 20 heavy (non-hydrogen) atoms. The number of hydrogen-bond acceptors (Lipinski definition) is 2.